The van der Waals surface area contributed by atoms with Crippen LogP contribution in [-0.2, 0) is 17.9 Å². The monoisotopic (exact) mass is 366 g/mol. The molecule has 1 saturated carbocycles. The van der Waals surface area contributed by atoms with Gasteiger partial charge in [-0.3, -0.25) is 9.69 Å². The van der Waals surface area contributed by atoms with Gasteiger partial charge in [0.1, 0.15) is 6.10 Å². The number of hydrogen-bond donors (Lipinski definition) is 2. The van der Waals surface area contributed by atoms with Crippen molar-refractivity contribution in [1.82, 2.24) is 10.2 Å². The number of aliphatic hydroxyl groups is 1. The molecule has 2 aromatic carbocycles. The quantitative estimate of drug-likeness (QED) is 0.677. The van der Waals surface area contributed by atoms with E-state index in [1.807, 2.05) is 36.4 Å². The number of carbonyl (C=O) groups excluding carboxylic acids is 1. The molecule has 4 heteroatoms. The second kappa shape index (κ2) is 9.67. The number of amides is 1. The van der Waals surface area contributed by atoms with Gasteiger partial charge in [0.15, 0.2) is 0 Å². The Bertz CT molecular complexity index is 659. The molecule has 27 heavy (non-hydrogen) atoms. The number of carbonyl (C=O) groups is 1. The van der Waals surface area contributed by atoms with E-state index < -0.39 is 6.10 Å². The highest BCUT2D eigenvalue weighted by Crippen LogP contribution is 2.22. The van der Waals surface area contributed by atoms with Crippen molar-refractivity contribution >= 4 is 5.91 Å². The zero-order valence-corrected chi connectivity index (χ0v) is 16.1. The molecule has 0 bridgehead atoms. The largest absolute Gasteiger partial charge is 0.382 e. The molecule has 1 amide bonds. The first-order chi connectivity index (χ1) is 13.2. The second-order valence-corrected chi connectivity index (χ2v) is 7.46. The Balaban J connectivity index is 1.80. The maximum Gasteiger partial charge on any atom is 0.250 e. The van der Waals surface area contributed by atoms with E-state index >= 15 is 0 Å². The fourth-order valence-electron chi connectivity index (χ4n) is 3.45. The number of nitrogens with one attached hydrogen (secondary N) is 1. The number of benzene rings is 2. The maximum atomic E-state index is 12.5. The van der Waals surface area contributed by atoms with Gasteiger partial charge in [-0.15, -0.1) is 0 Å². The Kier molecular flexibility index (Phi) is 7.02. The molecular weight excluding hydrogens is 336 g/mol. The lowest BCUT2D eigenvalue weighted by molar-refractivity contribution is -0.133. The lowest BCUT2D eigenvalue weighted by Crippen LogP contribution is -2.50. The van der Waals surface area contributed by atoms with Crippen LogP contribution in [0.2, 0.25) is 0 Å². The average molecular weight is 367 g/mol. The van der Waals surface area contributed by atoms with Crippen molar-refractivity contribution in [3.8, 4) is 0 Å². The Morgan fingerprint density at radius 3 is 2.00 bits per heavy atom. The minimum atomic E-state index is -1.02. The van der Waals surface area contributed by atoms with Gasteiger partial charge in [-0.25, -0.2) is 0 Å². The van der Waals surface area contributed by atoms with Crippen molar-refractivity contribution < 1.29 is 9.90 Å². The van der Waals surface area contributed by atoms with Gasteiger partial charge in [-0.05, 0) is 30.4 Å². The molecule has 2 atom stereocenters. The van der Waals surface area contributed by atoms with Gasteiger partial charge in [0.05, 0.1) is 0 Å². The molecule has 0 spiro atoms. The van der Waals surface area contributed by atoms with Gasteiger partial charge >= 0.3 is 0 Å². The van der Waals surface area contributed by atoms with Crippen LogP contribution in [0.15, 0.2) is 60.7 Å². The van der Waals surface area contributed by atoms with E-state index in [2.05, 4.69) is 41.4 Å². The lowest BCUT2D eigenvalue weighted by atomic mass is 10.0. The summed E-state index contributed by atoms with van der Waals surface area (Å²) in [6.45, 7) is 3.50. The first-order valence-electron chi connectivity index (χ1n) is 9.97. The van der Waals surface area contributed by atoms with Crippen molar-refractivity contribution in [2.75, 3.05) is 0 Å². The second-order valence-electron chi connectivity index (χ2n) is 7.46. The Hall–Kier alpha value is -2.17. The van der Waals surface area contributed by atoms with Crippen LogP contribution in [0.4, 0.5) is 0 Å². The standard InChI is InChI=1S/C23H30N2O2/c1-2-9-21(22(26)23(27)24-20-14-15-20)25(16-18-10-5-3-6-11-18)17-19-12-7-4-8-13-19/h3-8,10-13,20-22,26H,2,9,14-17H2,1H3,(H,24,27)/t21-,22-/m0/s1. The summed E-state index contributed by atoms with van der Waals surface area (Å²) in [6, 6.07) is 20.5. The van der Waals surface area contributed by atoms with Crippen molar-refractivity contribution in [1.29, 1.82) is 0 Å². The molecule has 0 unspecified atom stereocenters. The van der Waals surface area contributed by atoms with Gasteiger partial charge in [0.25, 0.3) is 5.91 Å². The third-order valence-corrected chi connectivity index (χ3v) is 5.07. The van der Waals surface area contributed by atoms with Crippen LogP contribution in [0.1, 0.15) is 43.7 Å². The molecule has 4 nitrogen and oxygen atoms in total. The Morgan fingerprint density at radius 1 is 1.04 bits per heavy atom. The summed E-state index contributed by atoms with van der Waals surface area (Å²) >= 11 is 0. The van der Waals surface area contributed by atoms with Crippen LogP contribution in [0.25, 0.3) is 0 Å². The maximum absolute atomic E-state index is 12.5. The van der Waals surface area contributed by atoms with Gasteiger partial charge in [0, 0.05) is 25.2 Å². The Morgan fingerprint density at radius 2 is 1.56 bits per heavy atom. The molecule has 0 aromatic heterocycles. The molecule has 0 radical (unpaired) electrons. The molecule has 3 rings (SSSR count). The number of rotatable bonds is 10. The van der Waals surface area contributed by atoms with E-state index in [9.17, 15) is 9.90 Å². The first-order valence-corrected chi connectivity index (χ1v) is 9.97. The summed E-state index contributed by atoms with van der Waals surface area (Å²) in [6.07, 6.45) is 2.72. The van der Waals surface area contributed by atoms with Gasteiger partial charge in [0.2, 0.25) is 0 Å². The third kappa shape index (κ3) is 5.91. The lowest BCUT2D eigenvalue weighted by Gasteiger charge is -2.34. The van der Waals surface area contributed by atoms with Gasteiger partial charge in [-0.1, -0.05) is 74.0 Å². The van der Waals surface area contributed by atoms with Crippen LogP contribution in [-0.4, -0.2) is 34.1 Å². The molecule has 0 saturated heterocycles. The van der Waals surface area contributed by atoms with Crippen LogP contribution in [0.5, 0.6) is 0 Å². The van der Waals surface area contributed by atoms with Crippen molar-refractivity contribution in [3.63, 3.8) is 0 Å². The molecule has 1 fully saturated rings. The van der Waals surface area contributed by atoms with E-state index in [0.717, 1.165) is 25.7 Å². The topological polar surface area (TPSA) is 52.6 Å². The fraction of sp³-hybridized carbons (Fsp3) is 0.435. The molecule has 1 aliphatic carbocycles. The number of aliphatic hydroxyl groups excluding tert-OH is 1. The van der Waals surface area contributed by atoms with Crippen LogP contribution in [0.3, 0.4) is 0 Å². The van der Waals surface area contributed by atoms with Crippen molar-refractivity contribution in [3.05, 3.63) is 71.8 Å². The minimum Gasteiger partial charge on any atom is -0.382 e. The fourth-order valence-corrected chi connectivity index (χ4v) is 3.45. The molecule has 144 valence electrons. The highest BCUT2D eigenvalue weighted by molar-refractivity contribution is 5.81. The number of hydrogen-bond acceptors (Lipinski definition) is 3. The Labute approximate surface area is 162 Å². The van der Waals surface area contributed by atoms with Crippen LogP contribution in [0, 0.1) is 0 Å². The third-order valence-electron chi connectivity index (χ3n) is 5.07. The summed E-state index contributed by atoms with van der Waals surface area (Å²) in [4.78, 5) is 14.8. The highest BCUT2D eigenvalue weighted by Gasteiger charge is 2.33. The van der Waals surface area contributed by atoms with E-state index in [-0.39, 0.29) is 18.0 Å². The molecule has 2 aromatic rings. The molecule has 0 heterocycles. The van der Waals surface area contributed by atoms with Gasteiger partial charge < -0.3 is 10.4 Å². The molecule has 2 N–H and O–H groups in total. The molecule has 1 aliphatic rings. The molecule has 0 aliphatic heterocycles. The smallest absolute Gasteiger partial charge is 0.250 e. The van der Waals surface area contributed by atoms with E-state index in [0.29, 0.717) is 13.1 Å². The van der Waals surface area contributed by atoms with E-state index in [4.69, 9.17) is 0 Å². The van der Waals surface area contributed by atoms with Crippen LogP contribution < -0.4 is 5.32 Å². The van der Waals surface area contributed by atoms with Gasteiger partial charge in [-0.2, -0.15) is 0 Å². The van der Waals surface area contributed by atoms with E-state index in [1.54, 1.807) is 0 Å². The molecular formula is C23H30N2O2. The summed E-state index contributed by atoms with van der Waals surface area (Å²) in [5.41, 5.74) is 2.37. The zero-order valence-electron chi connectivity index (χ0n) is 16.1. The summed E-state index contributed by atoms with van der Waals surface area (Å²) in [7, 11) is 0. The minimum absolute atomic E-state index is 0.214. The SMILES string of the molecule is CCC[C@@H]([C@H](O)C(=O)NC1CC1)N(Cc1ccccc1)Cc1ccccc1. The van der Waals surface area contributed by atoms with E-state index in [1.165, 1.54) is 11.1 Å². The normalized spacial score (nSPS) is 16.1. The van der Waals surface area contributed by atoms with Crippen LogP contribution >= 0.6 is 0 Å². The summed E-state index contributed by atoms with van der Waals surface area (Å²) < 4.78 is 0. The first kappa shape index (κ1) is 19.6. The summed E-state index contributed by atoms with van der Waals surface area (Å²) in [5, 5.41) is 13.8. The summed E-state index contributed by atoms with van der Waals surface area (Å²) in [5.74, 6) is -0.234. The van der Waals surface area contributed by atoms with Crippen molar-refractivity contribution in [2.45, 2.75) is 63.9 Å². The van der Waals surface area contributed by atoms with Crippen molar-refractivity contribution in [2.24, 2.45) is 0 Å². The highest BCUT2D eigenvalue weighted by atomic mass is 16.3. The average Bonchev–Trinajstić information content (AvgIpc) is 3.51. The predicted octanol–water partition coefficient (Wildman–Crippen LogP) is 3.50. The predicted molar refractivity (Wildman–Crippen MR) is 108 cm³/mol. The number of nitrogens with zero attached hydrogens (tertiary/aromatic N) is 1. The zero-order chi connectivity index (χ0) is 19.1.